The summed E-state index contributed by atoms with van der Waals surface area (Å²) in [5.74, 6) is 2.33. The normalized spacial score (nSPS) is 26.5. The highest BCUT2D eigenvalue weighted by molar-refractivity contribution is 5.54. The Labute approximate surface area is 148 Å². The summed E-state index contributed by atoms with van der Waals surface area (Å²) in [4.78, 5) is 6.88. The van der Waals surface area contributed by atoms with E-state index >= 15 is 0 Å². The minimum absolute atomic E-state index is 0.171. The highest BCUT2D eigenvalue weighted by Crippen LogP contribution is 2.38. The van der Waals surface area contributed by atoms with Crippen LogP contribution in [0.1, 0.15) is 37.6 Å². The first-order valence-electron chi connectivity index (χ1n) is 9.09. The van der Waals surface area contributed by atoms with Crippen molar-refractivity contribution in [3.05, 3.63) is 35.7 Å². The monoisotopic (exact) mass is 342 g/mol. The van der Waals surface area contributed by atoms with Gasteiger partial charge in [0.15, 0.2) is 0 Å². The van der Waals surface area contributed by atoms with E-state index in [1.807, 2.05) is 0 Å². The highest BCUT2D eigenvalue weighted by atomic mass is 16.5. The van der Waals surface area contributed by atoms with Crippen molar-refractivity contribution in [2.45, 2.75) is 38.3 Å². The number of benzene rings is 1. The van der Waals surface area contributed by atoms with Crippen molar-refractivity contribution in [2.75, 3.05) is 26.2 Å². The highest BCUT2D eigenvalue weighted by Gasteiger charge is 2.50. The second-order valence-electron chi connectivity index (χ2n) is 7.56. The van der Waals surface area contributed by atoms with Crippen LogP contribution in [-0.4, -0.2) is 46.9 Å². The van der Waals surface area contributed by atoms with Crippen LogP contribution in [0.15, 0.2) is 28.8 Å². The number of ether oxygens (including phenoxy) is 1. The molecule has 25 heavy (non-hydrogen) atoms. The Morgan fingerprint density at radius 1 is 1.32 bits per heavy atom. The lowest BCUT2D eigenvalue weighted by molar-refractivity contribution is 0.000948. The average molecular weight is 342 g/mol. The van der Waals surface area contributed by atoms with E-state index in [2.05, 4.69) is 53.2 Å². The first-order valence-corrected chi connectivity index (χ1v) is 9.09. The fourth-order valence-corrected chi connectivity index (χ4v) is 4.03. The van der Waals surface area contributed by atoms with Gasteiger partial charge in [0.2, 0.25) is 11.7 Å². The van der Waals surface area contributed by atoms with Gasteiger partial charge in [-0.05, 0) is 17.9 Å². The van der Waals surface area contributed by atoms with Gasteiger partial charge < -0.3 is 15.0 Å². The predicted molar refractivity (Wildman–Crippen MR) is 94.9 cm³/mol. The fourth-order valence-electron chi connectivity index (χ4n) is 4.03. The Hall–Kier alpha value is -1.76. The minimum atomic E-state index is -0.171. The summed E-state index contributed by atoms with van der Waals surface area (Å²) in [5.41, 5.74) is 8.10. The van der Waals surface area contributed by atoms with Crippen LogP contribution in [0.2, 0.25) is 0 Å². The number of fused-ring (bicyclic) bond motifs is 1. The molecular formula is C19H26N4O2. The molecule has 0 aliphatic carbocycles. The SMILES string of the molecule is CC(C)c1ccc(-c2noc(CN3C[C@@H]4CCO[C@]4(CN)C3)n2)cc1. The number of hydrogen-bond acceptors (Lipinski definition) is 6. The van der Waals surface area contributed by atoms with E-state index in [1.54, 1.807) is 0 Å². The van der Waals surface area contributed by atoms with Crippen LogP contribution in [-0.2, 0) is 11.3 Å². The third kappa shape index (κ3) is 3.10. The van der Waals surface area contributed by atoms with E-state index < -0.39 is 0 Å². The van der Waals surface area contributed by atoms with Crippen LogP contribution in [0.4, 0.5) is 0 Å². The van der Waals surface area contributed by atoms with Gasteiger partial charge in [-0.25, -0.2) is 0 Å². The molecule has 0 unspecified atom stereocenters. The summed E-state index contributed by atoms with van der Waals surface area (Å²) in [6.45, 7) is 8.25. The Bertz CT molecular complexity index is 727. The van der Waals surface area contributed by atoms with Gasteiger partial charge in [-0.2, -0.15) is 4.98 Å². The summed E-state index contributed by atoms with van der Waals surface area (Å²) in [6.07, 6.45) is 1.09. The molecule has 0 spiro atoms. The zero-order chi connectivity index (χ0) is 17.4. The molecule has 2 saturated heterocycles. The molecule has 2 atom stereocenters. The molecule has 2 fully saturated rings. The van der Waals surface area contributed by atoms with Crippen molar-refractivity contribution in [1.82, 2.24) is 15.0 Å². The zero-order valence-electron chi connectivity index (χ0n) is 14.9. The van der Waals surface area contributed by atoms with Crippen LogP contribution >= 0.6 is 0 Å². The Morgan fingerprint density at radius 2 is 2.12 bits per heavy atom. The second-order valence-corrected chi connectivity index (χ2v) is 7.56. The molecule has 2 N–H and O–H groups in total. The van der Waals surface area contributed by atoms with Crippen molar-refractivity contribution < 1.29 is 9.26 Å². The van der Waals surface area contributed by atoms with Crippen molar-refractivity contribution >= 4 is 0 Å². The zero-order valence-corrected chi connectivity index (χ0v) is 14.9. The van der Waals surface area contributed by atoms with E-state index in [9.17, 15) is 0 Å². The molecule has 3 heterocycles. The van der Waals surface area contributed by atoms with Crippen molar-refractivity contribution in [1.29, 1.82) is 0 Å². The molecule has 6 nitrogen and oxygen atoms in total. The van der Waals surface area contributed by atoms with Gasteiger partial charge >= 0.3 is 0 Å². The molecule has 0 radical (unpaired) electrons. The Morgan fingerprint density at radius 3 is 2.80 bits per heavy atom. The van der Waals surface area contributed by atoms with E-state index in [-0.39, 0.29) is 5.60 Å². The van der Waals surface area contributed by atoms with Crippen LogP contribution < -0.4 is 5.73 Å². The quantitative estimate of drug-likeness (QED) is 0.899. The van der Waals surface area contributed by atoms with Gasteiger partial charge in [0, 0.05) is 37.7 Å². The lowest BCUT2D eigenvalue weighted by Gasteiger charge is -2.26. The lowest BCUT2D eigenvalue weighted by atomic mass is 9.91. The number of likely N-dealkylation sites (tertiary alicyclic amines) is 1. The summed E-state index contributed by atoms with van der Waals surface area (Å²) in [5, 5.41) is 4.14. The van der Waals surface area contributed by atoms with E-state index in [0.717, 1.165) is 31.7 Å². The molecule has 0 bridgehead atoms. The van der Waals surface area contributed by atoms with Gasteiger partial charge in [0.05, 0.1) is 12.1 Å². The lowest BCUT2D eigenvalue weighted by Crippen LogP contribution is -2.44. The van der Waals surface area contributed by atoms with E-state index in [4.69, 9.17) is 15.0 Å². The number of hydrogen-bond donors (Lipinski definition) is 1. The van der Waals surface area contributed by atoms with Gasteiger partial charge in [-0.1, -0.05) is 43.3 Å². The molecule has 4 rings (SSSR count). The van der Waals surface area contributed by atoms with Crippen molar-refractivity contribution in [2.24, 2.45) is 11.7 Å². The molecule has 2 aliphatic heterocycles. The summed E-state index contributed by atoms with van der Waals surface area (Å²) in [7, 11) is 0. The predicted octanol–water partition coefficient (Wildman–Crippen LogP) is 2.41. The van der Waals surface area contributed by atoms with Gasteiger partial charge in [0.1, 0.15) is 0 Å². The number of nitrogens with two attached hydrogens (primary N) is 1. The number of aromatic nitrogens is 2. The molecule has 2 aromatic rings. The molecule has 2 aliphatic rings. The van der Waals surface area contributed by atoms with Crippen molar-refractivity contribution in [3.63, 3.8) is 0 Å². The summed E-state index contributed by atoms with van der Waals surface area (Å²) in [6, 6.07) is 8.36. The van der Waals surface area contributed by atoms with Gasteiger partial charge in [0.25, 0.3) is 0 Å². The number of rotatable bonds is 5. The van der Waals surface area contributed by atoms with Gasteiger partial charge in [-0.15, -0.1) is 0 Å². The maximum atomic E-state index is 5.98. The maximum absolute atomic E-state index is 5.98. The average Bonchev–Trinajstić information content (AvgIpc) is 3.29. The second kappa shape index (κ2) is 6.52. The molecule has 0 saturated carbocycles. The molecule has 1 aromatic carbocycles. The fraction of sp³-hybridized carbons (Fsp3) is 0.579. The first-order chi connectivity index (χ1) is 12.1. The third-order valence-electron chi connectivity index (χ3n) is 5.58. The summed E-state index contributed by atoms with van der Waals surface area (Å²) < 4.78 is 11.4. The first kappa shape index (κ1) is 16.7. The molecular weight excluding hydrogens is 316 g/mol. The van der Waals surface area contributed by atoms with Gasteiger partial charge in [-0.3, -0.25) is 4.90 Å². The Balaban J connectivity index is 1.44. The minimum Gasteiger partial charge on any atom is -0.372 e. The molecule has 6 heteroatoms. The largest absolute Gasteiger partial charge is 0.372 e. The Kier molecular flexibility index (Phi) is 4.35. The van der Waals surface area contributed by atoms with Crippen molar-refractivity contribution in [3.8, 4) is 11.4 Å². The summed E-state index contributed by atoms with van der Waals surface area (Å²) >= 11 is 0. The van der Waals surface area contributed by atoms with E-state index in [0.29, 0.717) is 36.6 Å². The van der Waals surface area contributed by atoms with Crippen LogP contribution in [0.25, 0.3) is 11.4 Å². The topological polar surface area (TPSA) is 77.4 Å². The van der Waals surface area contributed by atoms with Crippen LogP contribution in [0.5, 0.6) is 0 Å². The molecule has 1 aromatic heterocycles. The molecule has 0 amide bonds. The third-order valence-corrected chi connectivity index (χ3v) is 5.58. The van der Waals surface area contributed by atoms with Crippen LogP contribution in [0.3, 0.4) is 0 Å². The smallest absolute Gasteiger partial charge is 0.241 e. The molecule has 134 valence electrons. The maximum Gasteiger partial charge on any atom is 0.241 e. The van der Waals surface area contributed by atoms with Crippen LogP contribution in [0, 0.1) is 5.92 Å². The standard InChI is InChI=1S/C19H26N4O2/c1-13(2)14-3-5-15(6-4-14)18-21-17(25-22-18)10-23-9-16-7-8-24-19(16,11-20)12-23/h3-6,13,16H,7-12,20H2,1-2H3/t16-,19+/m0/s1. The number of nitrogens with zero attached hydrogens (tertiary/aromatic N) is 3. The van der Waals surface area contributed by atoms with E-state index in [1.165, 1.54) is 5.56 Å².